The van der Waals surface area contributed by atoms with Crippen LogP contribution >= 0.6 is 0 Å². The second-order valence-corrected chi connectivity index (χ2v) is 2.72. The fourth-order valence-electron chi connectivity index (χ4n) is 1.15. The zero-order valence-electron chi connectivity index (χ0n) is 7.65. The first-order chi connectivity index (χ1) is 7.33. The summed E-state index contributed by atoms with van der Waals surface area (Å²) in [5, 5.41) is 19.1. The summed E-state index contributed by atoms with van der Waals surface area (Å²) in [4.78, 5) is 3.88. The van der Waals surface area contributed by atoms with Crippen molar-refractivity contribution < 1.29 is 5.21 Å². The molecule has 0 atom stereocenters. The number of imidazole rings is 1. The summed E-state index contributed by atoms with van der Waals surface area (Å²) in [6, 6.07) is 1.61. The van der Waals surface area contributed by atoms with Gasteiger partial charge in [-0.15, -0.1) is 5.10 Å². The molecule has 2 heterocycles. The minimum Gasteiger partial charge on any atom is -0.409 e. The molecule has 2 rings (SSSR count). The van der Waals surface area contributed by atoms with Gasteiger partial charge in [0.2, 0.25) is 0 Å². The first kappa shape index (κ1) is 9.13. The van der Waals surface area contributed by atoms with Crippen molar-refractivity contribution in [2.45, 2.75) is 0 Å². The smallest absolute Gasteiger partial charge is 0.173 e. The van der Waals surface area contributed by atoms with E-state index >= 15 is 0 Å². The minimum absolute atomic E-state index is 0.0198. The predicted molar refractivity (Wildman–Crippen MR) is 51.7 cm³/mol. The van der Waals surface area contributed by atoms with Crippen LogP contribution in [-0.4, -0.2) is 30.8 Å². The monoisotopic (exact) mass is 204 g/mol. The average Bonchev–Trinajstić information content (AvgIpc) is 2.81. The maximum absolute atomic E-state index is 8.60. The van der Waals surface area contributed by atoms with E-state index in [4.69, 9.17) is 10.9 Å². The van der Waals surface area contributed by atoms with Crippen molar-refractivity contribution in [1.29, 1.82) is 0 Å². The zero-order valence-corrected chi connectivity index (χ0v) is 7.65. The molecule has 76 valence electrons. The van der Waals surface area contributed by atoms with Gasteiger partial charge in [0.25, 0.3) is 0 Å². The standard InChI is InChI=1S/C8H8N6O/c9-7(13-15)6-1-2-11-12-8(6)14-4-3-10-5-14/h1-5,15H,(H2,9,13). The van der Waals surface area contributed by atoms with Crippen molar-refractivity contribution in [1.82, 2.24) is 19.7 Å². The molecule has 0 saturated carbocycles. The van der Waals surface area contributed by atoms with Crippen LogP contribution < -0.4 is 5.73 Å². The third kappa shape index (κ3) is 1.62. The Bertz CT molecular complexity index is 478. The molecule has 0 aliphatic carbocycles. The molecular formula is C8H8N6O. The Hall–Kier alpha value is -2.44. The molecule has 0 unspecified atom stereocenters. The van der Waals surface area contributed by atoms with Crippen LogP contribution in [0.2, 0.25) is 0 Å². The van der Waals surface area contributed by atoms with Crippen LogP contribution in [0.1, 0.15) is 5.56 Å². The van der Waals surface area contributed by atoms with Crippen molar-refractivity contribution in [2.24, 2.45) is 10.9 Å². The van der Waals surface area contributed by atoms with E-state index in [1.54, 1.807) is 29.4 Å². The van der Waals surface area contributed by atoms with Crippen molar-refractivity contribution in [2.75, 3.05) is 0 Å². The van der Waals surface area contributed by atoms with Crippen LogP contribution in [0.3, 0.4) is 0 Å². The van der Waals surface area contributed by atoms with Gasteiger partial charge in [0.15, 0.2) is 11.7 Å². The van der Waals surface area contributed by atoms with E-state index in [2.05, 4.69) is 20.3 Å². The minimum atomic E-state index is -0.0198. The van der Waals surface area contributed by atoms with Gasteiger partial charge < -0.3 is 10.9 Å². The van der Waals surface area contributed by atoms with E-state index in [-0.39, 0.29) is 5.84 Å². The Morgan fingerprint density at radius 2 is 2.33 bits per heavy atom. The van der Waals surface area contributed by atoms with E-state index in [1.807, 2.05) is 0 Å². The van der Waals surface area contributed by atoms with E-state index in [9.17, 15) is 0 Å². The normalized spacial score (nSPS) is 11.6. The van der Waals surface area contributed by atoms with Crippen LogP contribution in [0.25, 0.3) is 5.82 Å². The Balaban J connectivity index is 2.57. The summed E-state index contributed by atoms with van der Waals surface area (Å²) in [6.07, 6.45) is 6.31. The molecule has 0 saturated heterocycles. The van der Waals surface area contributed by atoms with E-state index in [0.717, 1.165) is 0 Å². The maximum Gasteiger partial charge on any atom is 0.173 e. The van der Waals surface area contributed by atoms with Gasteiger partial charge in [-0.05, 0) is 6.07 Å². The lowest BCUT2D eigenvalue weighted by atomic mass is 10.2. The van der Waals surface area contributed by atoms with Crippen LogP contribution in [0, 0.1) is 0 Å². The second-order valence-electron chi connectivity index (χ2n) is 2.72. The third-order valence-corrected chi connectivity index (χ3v) is 1.83. The maximum atomic E-state index is 8.60. The Morgan fingerprint density at radius 3 is 3.00 bits per heavy atom. The number of nitrogens with zero attached hydrogens (tertiary/aromatic N) is 5. The summed E-state index contributed by atoms with van der Waals surface area (Å²) in [6.45, 7) is 0. The number of hydrogen-bond donors (Lipinski definition) is 2. The summed E-state index contributed by atoms with van der Waals surface area (Å²) in [5.74, 6) is 0.443. The lowest BCUT2D eigenvalue weighted by Crippen LogP contribution is -2.17. The molecule has 0 bridgehead atoms. The number of rotatable bonds is 2. The molecular weight excluding hydrogens is 196 g/mol. The molecule has 0 amide bonds. The molecule has 2 aromatic heterocycles. The fourth-order valence-corrected chi connectivity index (χ4v) is 1.15. The molecule has 7 nitrogen and oxygen atoms in total. The largest absolute Gasteiger partial charge is 0.409 e. The number of oxime groups is 1. The quantitative estimate of drug-likeness (QED) is 0.304. The lowest BCUT2D eigenvalue weighted by molar-refractivity contribution is 0.318. The van der Waals surface area contributed by atoms with E-state index in [1.165, 1.54) is 6.20 Å². The molecule has 0 radical (unpaired) electrons. The molecule has 0 spiro atoms. The van der Waals surface area contributed by atoms with Gasteiger partial charge in [-0.3, -0.25) is 4.57 Å². The summed E-state index contributed by atoms with van der Waals surface area (Å²) in [7, 11) is 0. The van der Waals surface area contributed by atoms with Crippen molar-refractivity contribution in [3.05, 3.63) is 36.5 Å². The summed E-state index contributed by atoms with van der Waals surface area (Å²) >= 11 is 0. The number of nitrogens with two attached hydrogens (primary N) is 1. The van der Waals surface area contributed by atoms with Gasteiger partial charge in [-0.1, -0.05) is 5.16 Å². The molecule has 7 heteroatoms. The fraction of sp³-hybridized carbons (Fsp3) is 0. The first-order valence-corrected chi connectivity index (χ1v) is 4.11. The molecule has 2 aromatic rings. The van der Waals surface area contributed by atoms with Gasteiger partial charge in [-0.2, -0.15) is 5.10 Å². The van der Waals surface area contributed by atoms with Crippen LogP contribution in [0.5, 0.6) is 0 Å². The molecule has 0 aliphatic rings. The SMILES string of the molecule is N/C(=N/O)c1ccnnc1-n1ccnc1. The van der Waals surface area contributed by atoms with Crippen molar-refractivity contribution in [3.63, 3.8) is 0 Å². The highest BCUT2D eigenvalue weighted by atomic mass is 16.4. The van der Waals surface area contributed by atoms with E-state index in [0.29, 0.717) is 11.4 Å². The molecule has 0 aromatic carbocycles. The molecule has 0 fully saturated rings. The van der Waals surface area contributed by atoms with Crippen LogP contribution in [-0.2, 0) is 0 Å². The topological polar surface area (TPSA) is 102 Å². The average molecular weight is 204 g/mol. The van der Waals surface area contributed by atoms with Crippen LogP contribution in [0.4, 0.5) is 0 Å². The number of aromatic nitrogens is 4. The molecule has 3 N–H and O–H groups in total. The lowest BCUT2D eigenvalue weighted by Gasteiger charge is -2.05. The number of amidine groups is 1. The molecule has 15 heavy (non-hydrogen) atoms. The number of hydrogen-bond acceptors (Lipinski definition) is 5. The highest BCUT2D eigenvalue weighted by Gasteiger charge is 2.09. The summed E-state index contributed by atoms with van der Waals surface area (Å²) in [5.41, 5.74) is 5.99. The highest BCUT2D eigenvalue weighted by molar-refractivity contribution is 5.99. The van der Waals surface area contributed by atoms with Gasteiger partial charge >= 0.3 is 0 Å². The van der Waals surface area contributed by atoms with Gasteiger partial charge in [0, 0.05) is 12.4 Å². The third-order valence-electron chi connectivity index (χ3n) is 1.83. The van der Waals surface area contributed by atoms with Gasteiger partial charge in [-0.25, -0.2) is 4.98 Å². The Labute approximate surface area is 84.9 Å². The van der Waals surface area contributed by atoms with Crippen LogP contribution in [0.15, 0.2) is 36.1 Å². The van der Waals surface area contributed by atoms with Crippen molar-refractivity contribution in [3.8, 4) is 5.82 Å². The first-order valence-electron chi connectivity index (χ1n) is 4.11. The van der Waals surface area contributed by atoms with E-state index < -0.39 is 0 Å². The Kier molecular flexibility index (Phi) is 2.28. The molecule has 0 aliphatic heterocycles. The van der Waals surface area contributed by atoms with Crippen molar-refractivity contribution >= 4 is 5.84 Å². The van der Waals surface area contributed by atoms with Gasteiger partial charge in [0.1, 0.15) is 6.33 Å². The second kappa shape index (κ2) is 3.74. The predicted octanol–water partition coefficient (Wildman–Crippen LogP) is -0.243. The highest BCUT2D eigenvalue weighted by Crippen LogP contribution is 2.08. The Morgan fingerprint density at radius 1 is 1.47 bits per heavy atom. The summed E-state index contributed by atoms with van der Waals surface area (Å²) < 4.78 is 1.63. The van der Waals surface area contributed by atoms with Gasteiger partial charge in [0.05, 0.1) is 11.8 Å². The zero-order chi connectivity index (χ0) is 10.7.